The Morgan fingerprint density at radius 1 is 1.14 bits per heavy atom. The minimum Gasteiger partial charge on any atom is -0.370 e. The molecule has 4 nitrogen and oxygen atoms in total. The molecule has 0 atom stereocenters. The van der Waals surface area contributed by atoms with Gasteiger partial charge in [0.15, 0.2) is 0 Å². The smallest absolute Gasteiger partial charge is 0.217 e. The third-order valence-electron chi connectivity index (χ3n) is 2.01. The number of rotatable bonds is 1. The van der Waals surface area contributed by atoms with Crippen LogP contribution in [-0.2, 0) is 9.59 Å². The van der Waals surface area contributed by atoms with E-state index >= 15 is 0 Å². The maximum atomic E-state index is 10.6. The minimum atomic E-state index is -0.333. The van der Waals surface area contributed by atoms with Crippen molar-refractivity contribution in [1.29, 1.82) is 0 Å². The Morgan fingerprint density at radius 3 is 1.93 bits per heavy atom. The van der Waals surface area contributed by atoms with Crippen molar-refractivity contribution in [2.24, 2.45) is 5.73 Å². The first-order valence-electron chi connectivity index (χ1n) is 5.05. The first kappa shape index (κ1) is 12.9. The van der Waals surface area contributed by atoms with Crippen molar-refractivity contribution in [1.82, 2.24) is 5.32 Å². The van der Waals surface area contributed by atoms with Crippen molar-refractivity contribution < 1.29 is 9.59 Å². The van der Waals surface area contributed by atoms with E-state index in [1.54, 1.807) is 6.92 Å². The van der Waals surface area contributed by atoms with Crippen LogP contribution in [0.15, 0.2) is 0 Å². The van der Waals surface area contributed by atoms with Gasteiger partial charge in [-0.25, -0.2) is 0 Å². The molecule has 0 spiro atoms. The lowest BCUT2D eigenvalue weighted by Crippen LogP contribution is -2.34. The molecule has 2 amide bonds. The molecule has 0 aliphatic heterocycles. The summed E-state index contributed by atoms with van der Waals surface area (Å²) in [5.74, 6) is -0.216. The zero-order valence-electron chi connectivity index (χ0n) is 9.01. The van der Waals surface area contributed by atoms with Gasteiger partial charge in [0.2, 0.25) is 11.8 Å². The Morgan fingerprint density at radius 2 is 1.57 bits per heavy atom. The van der Waals surface area contributed by atoms with Gasteiger partial charge in [-0.15, -0.1) is 0 Å². The van der Waals surface area contributed by atoms with Gasteiger partial charge in [0.25, 0.3) is 0 Å². The Balaban J connectivity index is 0.000000364. The molecule has 0 aromatic heterocycles. The molecule has 1 saturated carbocycles. The average Bonchev–Trinajstić information content (AvgIpc) is 2.03. The van der Waals surface area contributed by atoms with E-state index in [0.29, 0.717) is 6.04 Å². The summed E-state index contributed by atoms with van der Waals surface area (Å²) in [4.78, 5) is 19.8. The van der Waals surface area contributed by atoms with Crippen LogP contribution in [0.3, 0.4) is 0 Å². The lowest BCUT2D eigenvalue weighted by atomic mass is 9.95. The first-order valence-corrected chi connectivity index (χ1v) is 5.05. The van der Waals surface area contributed by atoms with Crippen LogP contribution in [0.1, 0.15) is 46.0 Å². The van der Waals surface area contributed by atoms with Crippen LogP contribution in [0.2, 0.25) is 0 Å². The van der Waals surface area contributed by atoms with Gasteiger partial charge in [0, 0.05) is 19.9 Å². The van der Waals surface area contributed by atoms with Crippen LogP contribution in [0.25, 0.3) is 0 Å². The van der Waals surface area contributed by atoms with E-state index in [9.17, 15) is 9.59 Å². The van der Waals surface area contributed by atoms with E-state index in [-0.39, 0.29) is 11.8 Å². The van der Waals surface area contributed by atoms with Crippen LogP contribution < -0.4 is 11.1 Å². The Bertz CT molecular complexity index is 183. The van der Waals surface area contributed by atoms with Gasteiger partial charge < -0.3 is 11.1 Å². The molecule has 14 heavy (non-hydrogen) atoms. The SMILES string of the molecule is CC(=O)NC1CCCCC1.CC(N)=O. The molecule has 3 N–H and O–H groups in total. The molecule has 0 heterocycles. The molecule has 0 saturated heterocycles. The monoisotopic (exact) mass is 200 g/mol. The van der Waals surface area contributed by atoms with E-state index in [2.05, 4.69) is 11.1 Å². The average molecular weight is 200 g/mol. The molecule has 0 aromatic rings. The van der Waals surface area contributed by atoms with Gasteiger partial charge >= 0.3 is 0 Å². The van der Waals surface area contributed by atoms with E-state index < -0.39 is 0 Å². The fourth-order valence-corrected chi connectivity index (χ4v) is 1.53. The number of nitrogens with one attached hydrogen (secondary N) is 1. The fourth-order valence-electron chi connectivity index (χ4n) is 1.53. The number of hydrogen-bond donors (Lipinski definition) is 2. The van der Waals surface area contributed by atoms with E-state index in [1.807, 2.05) is 0 Å². The predicted molar refractivity (Wildman–Crippen MR) is 55.6 cm³/mol. The van der Waals surface area contributed by atoms with Crippen molar-refractivity contribution in [3.8, 4) is 0 Å². The summed E-state index contributed by atoms with van der Waals surface area (Å²) in [6.07, 6.45) is 6.27. The summed E-state index contributed by atoms with van der Waals surface area (Å²) in [5, 5.41) is 2.94. The van der Waals surface area contributed by atoms with Crippen molar-refractivity contribution >= 4 is 11.8 Å². The molecule has 1 fully saturated rings. The normalized spacial score (nSPS) is 16.4. The Hall–Kier alpha value is -1.06. The van der Waals surface area contributed by atoms with Gasteiger partial charge in [0.05, 0.1) is 0 Å². The van der Waals surface area contributed by atoms with Crippen LogP contribution in [-0.4, -0.2) is 17.9 Å². The summed E-state index contributed by atoms with van der Waals surface area (Å²) in [7, 11) is 0. The topological polar surface area (TPSA) is 72.2 Å². The highest BCUT2D eigenvalue weighted by Gasteiger charge is 2.12. The summed E-state index contributed by atoms with van der Waals surface area (Å²) in [6.45, 7) is 2.90. The van der Waals surface area contributed by atoms with Crippen molar-refractivity contribution in [2.45, 2.75) is 52.0 Å². The quantitative estimate of drug-likeness (QED) is 0.661. The molecule has 0 radical (unpaired) electrons. The second kappa shape index (κ2) is 7.35. The zero-order valence-corrected chi connectivity index (χ0v) is 9.01. The van der Waals surface area contributed by atoms with Gasteiger partial charge in [-0.2, -0.15) is 0 Å². The Kier molecular flexibility index (Phi) is 6.80. The number of amides is 2. The summed E-state index contributed by atoms with van der Waals surface area (Å²) < 4.78 is 0. The van der Waals surface area contributed by atoms with Crippen LogP contribution >= 0.6 is 0 Å². The zero-order chi connectivity index (χ0) is 11.0. The largest absolute Gasteiger partial charge is 0.370 e. The predicted octanol–water partition coefficient (Wildman–Crippen LogP) is 0.947. The molecule has 1 aliphatic rings. The second-order valence-corrected chi connectivity index (χ2v) is 3.65. The maximum Gasteiger partial charge on any atom is 0.217 e. The fraction of sp³-hybridized carbons (Fsp3) is 0.800. The molecular formula is C10H20N2O2. The molecular weight excluding hydrogens is 180 g/mol. The van der Waals surface area contributed by atoms with Gasteiger partial charge in [0.1, 0.15) is 0 Å². The highest BCUT2D eigenvalue weighted by atomic mass is 16.1. The molecule has 0 aromatic carbocycles. The highest BCUT2D eigenvalue weighted by molar-refractivity contribution is 5.73. The molecule has 1 rings (SSSR count). The summed E-state index contributed by atoms with van der Waals surface area (Å²) in [5.41, 5.74) is 4.47. The molecule has 0 unspecified atom stereocenters. The van der Waals surface area contributed by atoms with Crippen molar-refractivity contribution in [3.05, 3.63) is 0 Å². The number of carbonyl (C=O) groups is 2. The van der Waals surface area contributed by atoms with E-state index in [4.69, 9.17) is 0 Å². The first-order chi connectivity index (χ1) is 6.52. The molecule has 4 heteroatoms. The molecule has 82 valence electrons. The van der Waals surface area contributed by atoms with Gasteiger partial charge in [-0.3, -0.25) is 9.59 Å². The maximum absolute atomic E-state index is 10.6. The van der Waals surface area contributed by atoms with Gasteiger partial charge in [-0.1, -0.05) is 19.3 Å². The van der Waals surface area contributed by atoms with E-state index in [1.165, 1.54) is 39.0 Å². The van der Waals surface area contributed by atoms with E-state index in [0.717, 1.165) is 0 Å². The lowest BCUT2D eigenvalue weighted by Gasteiger charge is -2.21. The van der Waals surface area contributed by atoms with Crippen molar-refractivity contribution in [2.75, 3.05) is 0 Å². The summed E-state index contributed by atoms with van der Waals surface area (Å²) >= 11 is 0. The number of nitrogens with two attached hydrogens (primary N) is 1. The third-order valence-corrected chi connectivity index (χ3v) is 2.01. The third kappa shape index (κ3) is 9.03. The van der Waals surface area contributed by atoms with Gasteiger partial charge in [-0.05, 0) is 12.8 Å². The summed E-state index contributed by atoms with van der Waals surface area (Å²) in [6, 6.07) is 0.478. The minimum absolute atomic E-state index is 0.118. The molecule has 0 bridgehead atoms. The second-order valence-electron chi connectivity index (χ2n) is 3.65. The molecule has 1 aliphatic carbocycles. The van der Waals surface area contributed by atoms with Crippen LogP contribution in [0.5, 0.6) is 0 Å². The van der Waals surface area contributed by atoms with Crippen LogP contribution in [0, 0.1) is 0 Å². The van der Waals surface area contributed by atoms with Crippen molar-refractivity contribution in [3.63, 3.8) is 0 Å². The standard InChI is InChI=1S/C8H15NO.C2H5NO/c1-7(10)9-8-5-3-2-4-6-8;1-2(3)4/h8H,2-6H2,1H3,(H,9,10);1H3,(H2,3,4). The number of primary amides is 1. The Labute approximate surface area is 85.2 Å². The highest BCUT2D eigenvalue weighted by Crippen LogP contribution is 2.16. The lowest BCUT2D eigenvalue weighted by molar-refractivity contribution is -0.120. The van der Waals surface area contributed by atoms with Crippen LogP contribution in [0.4, 0.5) is 0 Å². The number of carbonyl (C=O) groups excluding carboxylic acids is 2. The number of hydrogen-bond acceptors (Lipinski definition) is 2.